The van der Waals surface area contributed by atoms with E-state index in [-0.39, 0.29) is 23.5 Å². The van der Waals surface area contributed by atoms with E-state index in [9.17, 15) is 4.79 Å². The van der Waals surface area contributed by atoms with Crippen LogP contribution in [0.2, 0.25) is 0 Å². The molecule has 0 aliphatic carbocycles. The fourth-order valence-electron chi connectivity index (χ4n) is 2.13. The molecule has 1 saturated heterocycles. The summed E-state index contributed by atoms with van der Waals surface area (Å²) in [5, 5.41) is 9.87. The summed E-state index contributed by atoms with van der Waals surface area (Å²) in [7, 11) is -2.15. The van der Waals surface area contributed by atoms with Gasteiger partial charge in [0.2, 0.25) is 5.95 Å². The van der Waals surface area contributed by atoms with E-state index in [4.69, 9.17) is 30.7 Å². The van der Waals surface area contributed by atoms with Gasteiger partial charge in [-0.1, -0.05) is 5.17 Å². The highest BCUT2D eigenvalue weighted by Crippen LogP contribution is 2.35. The molecule has 14 heteroatoms. The Labute approximate surface area is 123 Å². The second kappa shape index (κ2) is 5.83. The van der Waals surface area contributed by atoms with E-state index in [2.05, 4.69) is 15.0 Å². The average molecular weight is 332 g/mol. The first kappa shape index (κ1) is 15.2. The van der Waals surface area contributed by atoms with Gasteiger partial charge in [0.1, 0.15) is 0 Å². The number of nitrogen functional groups attached to an aromatic ring is 1. The Balaban J connectivity index is 1.93. The molecule has 2 aromatic rings. The van der Waals surface area contributed by atoms with Crippen LogP contribution in [0.3, 0.4) is 0 Å². The van der Waals surface area contributed by atoms with Crippen LogP contribution in [0, 0.1) is 0 Å². The van der Waals surface area contributed by atoms with Crippen molar-refractivity contribution in [2.45, 2.75) is 18.9 Å². The summed E-state index contributed by atoms with van der Waals surface area (Å²) >= 11 is 0. The third-order valence-corrected chi connectivity index (χ3v) is 3.45. The number of hydrogen-bond donors (Lipinski definition) is 6. The number of hydrazine groups is 1. The highest BCUT2D eigenvalue weighted by atomic mass is 31.2. The molecule has 120 valence electrons. The molecule has 1 aliphatic rings. The molecule has 1 aliphatic heterocycles. The molecule has 13 nitrogen and oxygen atoms in total. The standard InChI is InChI=1S/C8H13N8O5P/c9-8-12-6-5(7(17)13-8)11-2-15(6)3-1-4(21-22(10)19)16(14-18)20-3/h2-4,14,18-19H,1,10H2,(H3,9,12,13,17)/t3-,4+,22?/m1/s1. The molecule has 0 spiro atoms. The molecule has 0 amide bonds. The van der Waals surface area contributed by atoms with Gasteiger partial charge in [-0.25, -0.2) is 4.98 Å². The predicted molar refractivity (Wildman–Crippen MR) is 72.3 cm³/mol. The smallest absolute Gasteiger partial charge is 0.280 e. The Morgan fingerprint density at radius 3 is 3.09 bits per heavy atom. The van der Waals surface area contributed by atoms with Gasteiger partial charge in [-0.2, -0.15) is 4.98 Å². The zero-order valence-electron chi connectivity index (χ0n) is 10.9. The fourth-order valence-corrected chi connectivity index (χ4v) is 2.55. The van der Waals surface area contributed by atoms with Crippen molar-refractivity contribution in [1.29, 1.82) is 0 Å². The van der Waals surface area contributed by atoms with Gasteiger partial charge >= 0.3 is 0 Å². The minimum atomic E-state index is -2.15. The van der Waals surface area contributed by atoms with Crippen molar-refractivity contribution in [2.24, 2.45) is 5.50 Å². The van der Waals surface area contributed by atoms with Crippen LogP contribution in [-0.4, -0.2) is 41.0 Å². The number of nitrogens with two attached hydrogens (primary N) is 2. The molecule has 2 aromatic heterocycles. The Bertz CT molecular complexity index is 733. The van der Waals surface area contributed by atoms with E-state index in [0.29, 0.717) is 0 Å². The third-order valence-electron chi connectivity index (χ3n) is 2.99. The number of H-pyrrole nitrogens is 1. The maximum absolute atomic E-state index is 11.7. The number of nitrogens with one attached hydrogen (secondary N) is 2. The maximum Gasteiger partial charge on any atom is 0.280 e. The van der Waals surface area contributed by atoms with Crippen LogP contribution < -0.4 is 22.4 Å². The molecular formula is C8H13N8O5P. The van der Waals surface area contributed by atoms with E-state index in [1.54, 1.807) is 5.59 Å². The van der Waals surface area contributed by atoms with E-state index in [0.717, 1.165) is 5.17 Å². The number of fused-ring (bicyclic) bond motifs is 1. The minimum Gasteiger partial charge on any atom is -0.369 e. The number of hydrogen-bond acceptors (Lipinski definition) is 11. The van der Waals surface area contributed by atoms with Gasteiger partial charge in [0.25, 0.3) is 14.1 Å². The van der Waals surface area contributed by atoms with Crippen molar-refractivity contribution in [2.75, 3.05) is 5.73 Å². The lowest BCUT2D eigenvalue weighted by atomic mass is 10.3. The maximum atomic E-state index is 11.7. The van der Waals surface area contributed by atoms with Crippen LogP contribution in [0.4, 0.5) is 5.95 Å². The van der Waals surface area contributed by atoms with Crippen LogP contribution in [0.25, 0.3) is 11.2 Å². The molecule has 3 atom stereocenters. The lowest BCUT2D eigenvalue weighted by Crippen LogP contribution is -2.39. The Morgan fingerprint density at radius 1 is 1.64 bits per heavy atom. The van der Waals surface area contributed by atoms with Gasteiger partial charge in [0.15, 0.2) is 23.6 Å². The van der Waals surface area contributed by atoms with Crippen LogP contribution in [0.1, 0.15) is 12.6 Å². The summed E-state index contributed by atoms with van der Waals surface area (Å²) in [6.45, 7) is 0. The Hall–Kier alpha value is -1.70. The van der Waals surface area contributed by atoms with Gasteiger partial charge in [-0.05, 0) is 0 Å². The van der Waals surface area contributed by atoms with Crippen molar-refractivity contribution in [3.8, 4) is 0 Å². The molecular weight excluding hydrogens is 319 g/mol. The van der Waals surface area contributed by atoms with Gasteiger partial charge in [0.05, 0.1) is 6.33 Å². The predicted octanol–water partition coefficient (Wildman–Crippen LogP) is -1.75. The highest BCUT2D eigenvalue weighted by Gasteiger charge is 2.37. The molecule has 8 N–H and O–H groups in total. The Kier molecular flexibility index (Phi) is 4.03. The van der Waals surface area contributed by atoms with E-state index >= 15 is 0 Å². The van der Waals surface area contributed by atoms with Gasteiger partial charge in [-0.15, -0.1) is 5.59 Å². The van der Waals surface area contributed by atoms with Crippen molar-refractivity contribution in [1.82, 2.24) is 30.3 Å². The second-order valence-electron chi connectivity index (χ2n) is 4.36. The summed E-state index contributed by atoms with van der Waals surface area (Å²) in [5.41, 5.74) is 12.3. The quantitative estimate of drug-likeness (QED) is 0.275. The number of aromatic amines is 1. The van der Waals surface area contributed by atoms with Crippen molar-refractivity contribution in [3.05, 3.63) is 16.7 Å². The summed E-state index contributed by atoms with van der Waals surface area (Å²) in [6.07, 6.45) is -0.0467. The first-order valence-corrected chi connectivity index (χ1v) is 7.26. The monoisotopic (exact) mass is 332 g/mol. The zero-order valence-corrected chi connectivity index (χ0v) is 11.8. The lowest BCUT2D eigenvalue weighted by molar-refractivity contribution is -0.292. The lowest BCUT2D eigenvalue weighted by Gasteiger charge is -2.19. The minimum absolute atomic E-state index is 0.0666. The molecule has 0 aromatic carbocycles. The fraction of sp³-hybridized carbons (Fsp3) is 0.375. The summed E-state index contributed by atoms with van der Waals surface area (Å²) < 4.78 is 6.48. The topological polar surface area (TPSA) is 190 Å². The largest absolute Gasteiger partial charge is 0.369 e. The number of imidazole rings is 1. The van der Waals surface area contributed by atoms with Crippen molar-refractivity contribution in [3.63, 3.8) is 0 Å². The van der Waals surface area contributed by atoms with Crippen LogP contribution >= 0.6 is 8.53 Å². The highest BCUT2D eigenvalue weighted by molar-refractivity contribution is 7.43. The normalized spacial score (nSPS) is 24.1. The number of anilines is 1. The molecule has 3 heterocycles. The summed E-state index contributed by atoms with van der Waals surface area (Å²) in [4.78, 5) is 36.5. The molecule has 1 fully saturated rings. The van der Waals surface area contributed by atoms with Crippen LogP contribution in [-0.2, 0) is 9.36 Å². The van der Waals surface area contributed by atoms with Crippen molar-refractivity contribution >= 4 is 25.6 Å². The first-order valence-electron chi connectivity index (χ1n) is 5.98. The molecule has 0 saturated carbocycles. The number of aromatic nitrogens is 4. The number of nitrogens with zero attached hydrogens (tertiary/aromatic N) is 4. The van der Waals surface area contributed by atoms with E-state index in [1.165, 1.54) is 10.9 Å². The molecule has 1 unspecified atom stereocenters. The molecule has 0 bridgehead atoms. The molecule has 0 radical (unpaired) electrons. The molecule has 22 heavy (non-hydrogen) atoms. The van der Waals surface area contributed by atoms with Crippen LogP contribution in [0.5, 0.6) is 0 Å². The van der Waals surface area contributed by atoms with Crippen molar-refractivity contribution < 1.29 is 19.5 Å². The van der Waals surface area contributed by atoms with E-state index in [1.807, 2.05) is 0 Å². The van der Waals surface area contributed by atoms with Gasteiger partial charge < -0.3 is 10.6 Å². The number of rotatable bonds is 4. The first-order chi connectivity index (χ1) is 10.5. The summed E-state index contributed by atoms with van der Waals surface area (Å²) in [6, 6.07) is 0. The zero-order chi connectivity index (χ0) is 15.9. The average Bonchev–Trinajstić information content (AvgIpc) is 3.01. The number of hydroxylamine groups is 1. The van der Waals surface area contributed by atoms with Crippen LogP contribution in [0.15, 0.2) is 11.1 Å². The van der Waals surface area contributed by atoms with E-state index < -0.39 is 26.5 Å². The van der Waals surface area contributed by atoms with Gasteiger partial charge in [-0.3, -0.25) is 34.4 Å². The third kappa shape index (κ3) is 2.67. The van der Waals surface area contributed by atoms with Gasteiger partial charge in [0, 0.05) is 6.42 Å². The SMILES string of the molecule is Nc1nc2c(ncn2[C@H]2C[C@H](OP(N)O)N(NO)O2)c(=O)[nH]1. The molecule has 3 rings (SSSR count). The second-order valence-corrected chi connectivity index (χ2v) is 5.18. The Morgan fingerprint density at radius 2 is 2.41 bits per heavy atom. The summed E-state index contributed by atoms with van der Waals surface area (Å²) in [5.74, 6) is -0.0666.